The Morgan fingerprint density at radius 2 is 1.92 bits per heavy atom. The summed E-state index contributed by atoms with van der Waals surface area (Å²) in [5.74, 6) is -2.17. The summed E-state index contributed by atoms with van der Waals surface area (Å²) in [6.45, 7) is 0.994. The molecule has 0 spiro atoms. The maximum atomic E-state index is 13.8. The van der Waals surface area contributed by atoms with E-state index in [0.717, 1.165) is 16.7 Å². The summed E-state index contributed by atoms with van der Waals surface area (Å²) in [4.78, 5) is 39.2. The molecule has 1 atom stereocenters. The van der Waals surface area contributed by atoms with E-state index in [1.165, 1.54) is 13.0 Å². The molecule has 0 aliphatic carbocycles. The quantitative estimate of drug-likeness (QED) is 0.746. The lowest BCUT2D eigenvalue weighted by molar-refractivity contribution is -0.122. The Labute approximate surface area is 146 Å². The van der Waals surface area contributed by atoms with Crippen LogP contribution in [0.3, 0.4) is 0 Å². The Bertz CT molecular complexity index is 1100. The molecule has 1 amide bonds. The van der Waals surface area contributed by atoms with Crippen molar-refractivity contribution in [3.05, 3.63) is 80.5 Å². The predicted molar refractivity (Wildman–Crippen MR) is 91.7 cm³/mol. The van der Waals surface area contributed by atoms with Gasteiger partial charge in [0.2, 0.25) is 5.91 Å². The zero-order valence-corrected chi connectivity index (χ0v) is 13.8. The van der Waals surface area contributed by atoms with Crippen LogP contribution in [0.25, 0.3) is 10.9 Å². The topological polar surface area (TPSA) is 84.0 Å². The van der Waals surface area contributed by atoms with Gasteiger partial charge < -0.3 is 10.3 Å². The summed E-state index contributed by atoms with van der Waals surface area (Å²) in [7, 11) is 0. The van der Waals surface area contributed by atoms with E-state index in [2.05, 4.69) is 10.3 Å². The van der Waals surface area contributed by atoms with Crippen molar-refractivity contribution in [2.75, 3.05) is 0 Å². The number of para-hydroxylation sites is 1. The van der Waals surface area contributed by atoms with E-state index in [9.17, 15) is 23.2 Å². The fourth-order valence-corrected chi connectivity index (χ4v) is 2.70. The van der Waals surface area contributed by atoms with E-state index >= 15 is 0 Å². The van der Waals surface area contributed by atoms with E-state index in [0.29, 0.717) is 5.52 Å². The van der Waals surface area contributed by atoms with Crippen molar-refractivity contribution in [2.45, 2.75) is 19.5 Å². The highest BCUT2D eigenvalue weighted by atomic mass is 19.1. The molecule has 0 bridgehead atoms. The zero-order chi connectivity index (χ0) is 18.8. The van der Waals surface area contributed by atoms with Gasteiger partial charge in [0.15, 0.2) is 0 Å². The number of carbonyl (C=O) groups excluding carboxylic acids is 1. The molecule has 3 aromatic rings. The first-order chi connectivity index (χ1) is 12.4. The molecule has 0 aliphatic rings. The van der Waals surface area contributed by atoms with Crippen molar-refractivity contribution < 1.29 is 13.6 Å². The van der Waals surface area contributed by atoms with Gasteiger partial charge in [-0.3, -0.25) is 14.2 Å². The Balaban J connectivity index is 1.83. The molecule has 0 saturated heterocycles. The van der Waals surface area contributed by atoms with Crippen molar-refractivity contribution in [1.82, 2.24) is 14.9 Å². The fourth-order valence-electron chi connectivity index (χ4n) is 2.70. The van der Waals surface area contributed by atoms with E-state index < -0.39 is 41.4 Å². The summed E-state index contributed by atoms with van der Waals surface area (Å²) >= 11 is 0. The number of nitrogens with zero attached hydrogens (tertiary/aromatic N) is 1. The number of aromatic amines is 1. The third-order valence-electron chi connectivity index (χ3n) is 4.00. The number of hydrogen-bond acceptors (Lipinski definition) is 3. The van der Waals surface area contributed by atoms with Gasteiger partial charge in [-0.15, -0.1) is 0 Å². The number of aromatic nitrogens is 2. The summed E-state index contributed by atoms with van der Waals surface area (Å²) in [6, 6.07) is 8.71. The highest BCUT2D eigenvalue weighted by molar-refractivity contribution is 5.79. The minimum Gasteiger partial charge on any atom is -0.348 e. The molecule has 26 heavy (non-hydrogen) atoms. The molecule has 6 nitrogen and oxygen atoms in total. The lowest BCUT2D eigenvalue weighted by Crippen LogP contribution is -2.41. The van der Waals surface area contributed by atoms with Crippen LogP contribution in [0, 0.1) is 11.6 Å². The first kappa shape index (κ1) is 17.5. The van der Waals surface area contributed by atoms with Crippen LogP contribution in [0.1, 0.15) is 18.5 Å². The molecule has 1 aromatic heterocycles. The molecule has 0 radical (unpaired) electrons. The number of H-pyrrole nitrogens is 1. The van der Waals surface area contributed by atoms with Gasteiger partial charge >= 0.3 is 5.69 Å². The second-order valence-electron chi connectivity index (χ2n) is 5.82. The van der Waals surface area contributed by atoms with Crippen molar-refractivity contribution in [2.24, 2.45) is 0 Å². The molecule has 1 heterocycles. The molecular formula is C18H15F2N3O3. The van der Waals surface area contributed by atoms with Gasteiger partial charge in [0.25, 0.3) is 5.56 Å². The largest absolute Gasteiger partial charge is 0.348 e. The van der Waals surface area contributed by atoms with Gasteiger partial charge in [0.1, 0.15) is 18.2 Å². The van der Waals surface area contributed by atoms with Gasteiger partial charge in [-0.25, -0.2) is 13.6 Å². The number of hydrogen-bond donors (Lipinski definition) is 2. The van der Waals surface area contributed by atoms with Crippen LogP contribution in [-0.2, 0) is 11.3 Å². The first-order valence-corrected chi connectivity index (χ1v) is 7.83. The molecule has 8 heteroatoms. The van der Waals surface area contributed by atoms with Crippen LogP contribution in [-0.4, -0.2) is 15.5 Å². The SMILES string of the molecule is C[C@@H](NC(=O)Cn1c(=O)[nH]c2ccccc2c1=O)c1ccc(F)cc1F. The number of halogens is 2. The smallest absolute Gasteiger partial charge is 0.329 e. The van der Waals surface area contributed by atoms with Crippen LogP contribution in [0.15, 0.2) is 52.1 Å². The van der Waals surface area contributed by atoms with Crippen molar-refractivity contribution in [1.29, 1.82) is 0 Å². The lowest BCUT2D eigenvalue weighted by Gasteiger charge is -2.15. The zero-order valence-electron chi connectivity index (χ0n) is 13.8. The van der Waals surface area contributed by atoms with Gasteiger partial charge in [-0.05, 0) is 25.1 Å². The summed E-state index contributed by atoms with van der Waals surface area (Å²) < 4.78 is 27.5. The first-order valence-electron chi connectivity index (χ1n) is 7.83. The Morgan fingerprint density at radius 1 is 1.19 bits per heavy atom. The van der Waals surface area contributed by atoms with Crippen molar-refractivity contribution in [3.8, 4) is 0 Å². The molecule has 3 rings (SSSR count). The number of nitrogens with one attached hydrogen (secondary N) is 2. The molecule has 134 valence electrons. The van der Waals surface area contributed by atoms with E-state index in [1.807, 2.05) is 0 Å². The average Bonchev–Trinajstić information content (AvgIpc) is 2.58. The van der Waals surface area contributed by atoms with Crippen LogP contribution in [0.5, 0.6) is 0 Å². The molecule has 2 N–H and O–H groups in total. The number of carbonyl (C=O) groups is 1. The summed E-state index contributed by atoms with van der Waals surface area (Å²) in [5.41, 5.74) is -0.843. The second kappa shape index (κ2) is 6.91. The number of rotatable bonds is 4. The lowest BCUT2D eigenvalue weighted by atomic mass is 10.1. The predicted octanol–water partition coefficient (Wildman–Crippen LogP) is 1.85. The van der Waals surface area contributed by atoms with E-state index in [-0.39, 0.29) is 10.9 Å². The molecule has 0 aliphatic heterocycles. The number of amides is 1. The number of benzene rings is 2. The third-order valence-corrected chi connectivity index (χ3v) is 4.00. The standard InChI is InChI=1S/C18H15F2N3O3/c1-10(12-7-6-11(19)8-14(12)20)21-16(24)9-23-17(25)13-4-2-3-5-15(13)22-18(23)26/h2-8,10H,9H2,1H3,(H,21,24)(H,22,26)/t10-/m1/s1. The molecule has 2 aromatic carbocycles. The Hall–Kier alpha value is -3.29. The van der Waals surface area contributed by atoms with Crippen LogP contribution < -0.4 is 16.6 Å². The van der Waals surface area contributed by atoms with Crippen molar-refractivity contribution >= 4 is 16.8 Å². The second-order valence-corrected chi connectivity index (χ2v) is 5.82. The third kappa shape index (κ3) is 3.39. The van der Waals surface area contributed by atoms with Gasteiger partial charge in [0.05, 0.1) is 16.9 Å². The van der Waals surface area contributed by atoms with Gasteiger partial charge in [-0.2, -0.15) is 0 Å². The Kier molecular flexibility index (Phi) is 4.66. The Morgan fingerprint density at radius 3 is 2.65 bits per heavy atom. The van der Waals surface area contributed by atoms with E-state index in [1.54, 1.807) is 24.3 Å². The summed E-state index contributed by atoms with van der Waals surface area (Å²) in [6.07, 6.45) is 0. The fraction of sp³-hybridized carbons (Fsp3) is 0.167. The van der Waals surface area contributed by atoms with Gasteiger partial charge in [-0.1, -0.05) is 18.2 Å². The average molecular weight is 359 g/mol. The highest BCUT2D eigenvalue weighted by Crippen LogP contribution is 2.17. The minimum absolute atomic E-state index is 0.0968. The molecule has 0 saturated carbocycles. The molecular weight excluding hydrogens is 344 g/mol. The summed E-state index contributed by atoms with van der Waals surface area (Å²) in [5, 5.41) is 2.77. The maximum absolute atomic E-state index is 13.8. The van der Waals surface area contributed by atoms with Crippen LogP contribution in [0.2, 0.25) is 0 Å². The van der Waals surface area contributed by atoms with Crippen LogP contribution >= 0.6 is 0 Å². The monoisotopic (exact) mass is 359 g/mol. The van der Waals surface area contributed by atoms with Crippen LogP contribution in [0.4, 0.5) is 8.78 Å². The molecule has 0 fully saturated rings. The minimum atomic E-state index is -0.793. The normalized spacial score (nSPS) is 12.1. The van der Waals surface area contributed by atoms with E-state index in [4.69, 9.17) is 0 Å². The highest BCUT2D eigenvalue weighted by Gasteiger charge is 2.16. The maximum Gasteiger partial charge on any atom is 0.329 e. The van der Waals surface area contributed by atoms with Crippen molar-refractivity contribution in [3.63, 3.8) is 0 Å². The van der Waals surface area contributed by atoms with Gasteiger partial charge in [0, 0.05) is 11.6 Å². The number of fused-ring (bicyclic) bond motifs is 1. The molecule has 0 unspecified atom stereocenters.